The fourth-order valence-electron chi connectivity index (χ4n) is 0.775. The molecule has 0 amide bonds. The molecule has 0 aromatic rings. The van der Waals surface area contributed by atoms with E-state index in [1.807, 2.05) is 28.9 Å². The van der Waals surface area contributed by atoms with Gasteiger partial charge in [0, 0.05) is 34.5 Å². The minimum Gasteiger partial charge on any atom is -0.161 e. The smallest absolute Gasteiger partial charge is 0.00649 e. The van der Waals surface area contributed by atoms with Crippen LogP contribution in [-0.2, 0) is 0 Å². The topological polar surface area (TPSA) is 0 Å². The normalized spacial score (nSPS) is 10.4. The van der Waals surface area contributed by atoms with Crippen LogP contribution in [0.1, 0.15) is 6.92 Å². The summed E-state index contributed by atoms with van der Waals surface area (Å²) in [6.07, 6.45) is 0. The lowest BCUT2D eigenvalue weighted by molar-refractivity contribution is 1.45. The maximum absolute atomic E-state index is 3.68. The van der Waals surface area contributed by atoms with Crippen molar-refractivity contribution in [3.63, 3.8) is 0 Å². The van der Waals surface area contributed by atoms with Gasteiger partial charge in [0.15, 0.2) is 0 Å². The largest absolute Gasteiger partial charge is 0.161 e. The van der Waals surface area contributed by atoms with Gasteiger partial charge >= 0.3 is 0 Å². The molecule has 0 spiro atoms. The molecule has 0 aromatic heterocycles. The Bertz CT molecular complexity index is 117. The number of thioether (sulfide) groups is 4. The summed E-state index contributed by atoms with van der Waals surface area (Å²) in [5.74, 6) is 8.99. The van der Waals surface area contributed by atoms with E-state index in [0.717, 1.165) is 0 Å². The molecule has 0 aliphatic carbocycles. The van der Waals surface area contributed by atoms with E-state index >= 15 is 0 Å². The first-order valence-corrected chi connectivity index (χ1v) is 9.38. The van der Waals surface area contributed by atoms with Gasteiger partial charge in [-0.25, -0.2) is 0 Å². The van der Waals surface area contributed by atoms with Crippen molar-refractivity contribution in [1.29, 1.82) is 0 Å². The van der Waals surface area contributed by atoms with E-state index in [1.165, 1.54) is 40.3 Å². The monoisotopic (exact) mass is 268 g/mol. The number of hydrogen-bond acceptors (Lipinski definition) is 4. The van der Waals surface area contributed by atoms with Gasteiger partial charge in [0.1, 0.15) is 0 Å². The van der Waals surface area contributed by atoms with Gasteiger partial charge < -0.3 is 0 Å². The standard InChI is InChI=1S/C10H20S4/c1-3-11-5-7-13-9-10-14-8-6-12-4-2/h3H,1,4-10H2,2H3. The Hall–Kier alpha value is 1.14. The molecule has 0 radical (unpaired) electrons. The molecule has 0 nitrogen and oxygen atoms in total. The molecule has 0 aliphatic heterocycles. The Balaban J connectivity index is 2.81. The van der Waals surface area contributed by atoms with Gasteiger partial charge in [-0.3, -0.25) is 0 Å². The molecule has 0 saturated carbocycles. The third-order valence-electron chi connectivity index (χ3n) is 1.41. The van der Waals surface area contributed by atoms with E-state index in [1.54, 1.807) is 0 Å². The molecule has 0 unspecified atom stereocenters. The zero-order chi connectivity index (χ0) is 10.5. The molecule has 14 heavy (non-hydrogen) atoms. The summed E-state index contributed by atoms with van der Waals surface area (Å²) in [6, 6.07) is 0. The van der Waals surface area contributed by atoms with Crippen molar-refractivity contribution >= 4 is 47.0 Å². The SMILES string of the molecule is C=CSCCSCCSCCSCC. The highest BCUT2D eigenvalue weighted by atomic mass is 32.2. The molecule has 0 N–H and O–H groups in total. The highest BCUT2D eigenvalue weighted by Gasteiger charge is 1.91. The van der Waals surface area contributed by atoms with Gasteiger partial charge in [0.05, 0.1) is 0 Å². The van der Waals surface area contributed by atoms with Gasteiger partial charge in [0.2, 0.25) is 0 Å². The van der Waals surface area contributed by atoms with Crippen LogP contribution < -0.4 is 0 Å². The average molecular weight is 269 g/mol. The summed E-state index contributed by atoms with van der Waals surface area (Å²) in [7, 11) is 0. The molecule has 0 bridgehead atoms. The van der Waals surface area contributed by atoms with Crippen LogP contribution in [0.15, 0.2) is 12.0 Å². The second-order valence-electron chi connectivity index (χ2n) is 2.46. The van der Waals surface area contributed by atoms with Crippen LogP contribution >= 0.6 is 47.0 Å². The van der Waals surface area contributed by atoms with E-state index in [9.17, 15) is 0 Å². The van der Waals surface area contributed by atoms with Crippen molar-refractivity contribution in [3.05, 3.63) is 12.0 Å². The maximum atomic E-state index is 3.68. The van der Waals surface area contributed by atoms with E-state index in [4.69, 9.17) is 0 Å². The van der Waals surface area contributed by atoms with Crippen LogP contribution in [0.25, 0.3) is 0 Å². The fraction of sp³-hybridized carbons (Fsp3) is 0.800. The average Bonchev–Trinajstić information content (AvgIpc) is 2.21. The summed E-state index contributed by atoms with van der Waals surface area (Å²) in [6.45, 7) is 5.91. The first kappa shape index (κ1) is 15.1. The Morgan fingerprint density at radius 2 is 1.36 bits per heavy atom. The Labute approximate surface area is 106 Å². The van der Waals surface area contributed by atoms with Crippen LogP contribution in [0.5, 0.6) is 0 Å². The molecule has 4 heteroatoms. The predicted octanol–water partition coefficient (Wildman–Crippen LogP) is 4.08. The van der Waals surface area contributed by atoms with Crippen molar-refractivity contribution in [3.8, 4) is 0 Å². The van der Waals surface area contributed by atoms with Gasteiger partial charge in [-0.15, -0.1) is 11.8 Å². The Kier molecular flexibility index (Phi) is 15.3. The summed E-state index contributed by atoms with van der Waals surface area (Å²) in [4.78, 5) is 0. The predicted molar refractivity (Wildman–Crippen MR) is 80.3 cm³/mol. The van der Waals surface area contributed by atoms with E-state index in [2.05, 4.69) is 37.0 Å². The van der Waals surface area contributed by atoms with Crippen molar-refractivity contribution in [2.45, 2.75) is 6.92 Å². The van der Waals surface area contributed by atoms with Gasteiger partial charge in [-0.2, -0.15) is 35.3 Å². The van der Waals surface area contributed by atoms with Gasteiger partial charge in [0.25, 0.3) is 0 Å². The molecule has 0 aromatic carbocycles. The zero-order valence-electron chi connectivity index (χ0n) is 8.87. The fourth-order valence-corrected chi connectivity index (χ4v) is 4.38. The first-order valence-electron chi connectivity index (χ1n) is 4.87. The Morgan fingerprint density at radius 3 is 1.86 bits per heavy atom. The molecule has 0 rings (SSSR count). The van der Waals surface area contributed by atoms with Crippen LogP contribution in [0.3, 0.4) is 0 Å². The van der Waals surface area contributed by atoms with Crippen LogP contribution in [0, 0.1) is 0 Å². The lowest BCUT2D eigenvalue weighted by atomic mass is 10.9. The maximum Gasteiger partial charge on any atom is 0.00649 e. The molecule has 0 saturated heterocycles. The van der Waals surface area contributed by atoms with Crippen LogP contribution in [0.4, 0.5) is 0 Å². The molecule has 84 valence electrons. The summed E-state index contributed by atoms with van der Waals surface area (Å²) in [5, 5.41) is 1.93. The van der Waals surface area contributed by atoms with Crippen molar-refractivity contribution in [1.82, 2.24) is 0 Å². The Morgan fingerprint density at radius 1 is 0.857 bits per heavy atom. The quantitative estimate of drug-likeness (QED) is 0.518. The minimum absolute atomic E-state index is 1.21. The van der Waals surface area contributed by atoms with Crippen LogP contribution in [0.2, 0.25) is 0 Å². The third-order valence-corrected chi connectivity index (χ3v) is 5.73. The summed E-state index contributed by atoms with van der Waals surface area (Å²) < 4.78 is 0. The summed E-state index contributed by atoms with van der Waals surface area (Å²) >= 11 is 8.01. The second kappa shape index (κ2) is 14.1. The molecule has 0 heterocycles. The van der Waals surface area contributed by atoms with E-state index in [-0.39, 0.29) is 0 Å². The lowest BCUT2D eigenvalue weighted by Gasteiger charge is -2.01. The third kappa shape index (κ3) is 13.1. The molecule has 0 fully saturated rings. The number of hydrogen-bond donors (Lipinski definition) is 0. The van der Waals surface area contributed by atoms with Gasteiger partial charge in [-0.05, 0) is 11.2 Å². The lowest BCUT2D eigenvalue weighted by Crippen LogP contribution is -1.92. The summed E-state index contributed by atoms with van der Waals surface area (Å²) in [5.41, 5.74) is 0. The van der Waals surface area contributed by atoms with Gasteiger partial charge in [-0.1, -0.05) is 13.5 Å². The van der Waals surface area contributed by atoms with Crippen molar-refractivity contribution in [2.24, 2.45) is 0 Å². The number of rotatable bonds is 11. The molecular weight excluding hydrogens is 248 g/mol. The molecular formula is C10H20S4. The molecule has 0 aliphatic rings. The highest BCUT2D eigenvalue weighted by Crippen LogP contribution is 2.11. The van der Waals surface area contributed by atoms with Crippen molar-refractivity contribution in [2.75, 3.05) is 40.3 Å². The van der Waals surface area contributed by atoms with Crippen LogP contribution in [-0.4, -0.2) is 40.3 Å². The molecule has 0 atom stereocenters. The van der Waals surface area contributed by atoms with E-state index in [0.29, 0.717) is 0 Å². The van der Waals surface area contributed by atoms with Crippen molar-refractivity contribution < 1.29 is 0 Å². The second-order valence-corrected chi connectivity index (χ2v) is 7.38. The highest BCUT2D eigenvalue weighted by molar-refractivity contribution is 8.05. The zero-order valence-corrected chi connectivity index (χ0v) is 12.1. The minimum atomic E-state index is 1.21. The van der Waals surface area contributed by atoms with E-state index < -0.39 is 0 Å². The first-order chi connectivity index (χ1) is 6.91.